The molecule has 0 radical (unpaired) electrons. The monoisotopic (exact) mass is 302 g/mol. The Hall–Kier alpha value is -2.98. The summed E-state index contributed by atoms with van der Waals surface area (Å²) in [4.78, 5) is 4.30. The predicted molar refractivity (Wildman–Crippen MR) is 91.8 cm³/mol. The van der Waals surface area contributed by atoms with Gasteiger partial charge >= 0.3 is 0 Å². The number of fused-ring (bicyclic) bond motifs is 1. The summed E-state index contributed by atoms with van der Waals surface area (Å²) in [5.74, 6) is 0. The maximum Gasteiger partial charge on any atom is 0.103 e. The molecule has 3 rings (SSSR count). The number of benzene rings is 2. The second kappa shape index (κ2) is 5.34. The van der Waals surface area contributed by atoms with Crippen LogP contribution < -0.4 is 9.80 Å². The van der Waals surface area contributed by atoms with Crippen molar-refractivity contribution in [1.82, 2.24) is 0 Å². The van der Waals surface area contributed by atoms with Gasteiger partial charge in [0.25, 0.3) is 0 Å². The number of hydrogen-bond acceptors (Lipinski definition) is 4. The third kappa shape index (κ3) is 2.12. The quantitative estimate of drug-likeness (QED) is 0.799. The minimum atomic E-state index is 0.0755. The van der Waals surface area contributed by atoms with E-state index in [1.54, 1.807) is 6.07 Å². The van der Waals surface area contributed by atoms with E-state index in [0.29, 0.717) is 11.1 Å². The first-order valence-electron chi connectivity index (χ1n) is 7.56. The zero-order chi connectivity index (χ0) is 16.7. The minimum absolute atomic E-state index is 0.0755. The van der Waals surface area contributed by atoms with E-state index in [1.807, 2.05) is 19.2 Å². The molecule has 0 saturated heterocycles. The molecular formula is C19H18N4. The van der Waals surface area contributed by atoms with Crippen LogP contribution in [0.5, 0.6) is 0 Å². The normalized spacial score (nSPS) is 16.0. The lowest BCUT2D eigenvalue weighted by molar-refractivity contribution is 0.732. The molecule has 1 heterocycles. The Balaban J connectivity index is 2.30. The largest absolute Gasteiger partial charge is 0.352 e. The predicted octanol–water partition coefficient (Wildman–Crippen LogP) is 3.98. The first-order valence-corrected chi connectivity index (χ1v) is 7.56. The summed E-state index contributed by atoms with van der Waals surface area (Å²) in [5.41, 5.74) is 6.39. The average Bonchev–Trinajstić information content (AvgIpc) is 2.81. The highest BCUT2D eigenvalue weighted by Crippen LogP contribution is 2.46. The van der Waals surface area contributed by atoms with Gasteiger partial charge in [0.05, 0.1) is 28.6 Å². The highest BCUT2D eigenvalue weighted by molar-refractivity contribution is 5.89. The van der Waals surface area contributed by atoms with Gasteiger partial charge < -0.3 is 9.80 Å². The van der Waals surface area contributed by atoms with Crippen molar-refractivity contribution in [3.8, 4) is 12.1 Å². The molecule has 0 saturated carbocycles. The van der Waals surface area contributed by atoms with Gasteiger partial charge in [-0.1, -0.05) is 12.1 Å². The molecule has 2 aromatic carbocycles. The van der Waals surface area contributed by atoms with Crippen LogP contribution in [0.25, 0.3) is 0 Å². The first-order chi connectivity index (χ1) is 11.0. The van der Waals surface area contributed by atoms with E-state index in [1.165, 1.54) is 11.1 Å². The van der Waals surface area contributed by atoms with Gasteiger partial charge in [-0.3, -0.25) is 0 Å². The van der Waals surface area contributed by atoms with Gasteiger partial charge in [-0.2, -0.15) is 10.5 Å². The lowest BCUT2D eigenvalue weighted by atomic mass is 10.0. The molecule has 114 valence electrons. The Morgan fingerprint density at radius 1 is 1.04 bits per heavy atom. The Morgan fingerprint density at radius 2 is 1.78 bits per heavy atom. The van der Waals surface area contributed by atoms with Crippen LogP contribution >= 0.6 is 0 Å². The SMILES string of the molecule is Cc1cccc(N2c3c(C#N)cc(C#N)cc3N(C)[C@@H]2C)c1C. The maximum absolute atomic E-state index is 9.58. The highest BCUT2D eigenvalue weighted by Gasteiger charge is 2.35. The van der Waals surface area contributed by atoms with Gasteiger partial charge in [0.1, 0.15) is 12.2 Å². The van der Waals surface area contributed by atoms with E-state index in [9.17, 15) is 10.5 Å². The molecule has 0 aliphatic carbocycles. The summed E-state index contributed by atoms with van der Waals surface area (Å²) >= 11 is 0. The molecule has 0 spiro atoms. The zero-order valence-electron chi connectivity index (χ0n) is 13.8. The van der Waals surface area contributed by atoms with Gasteiger partial charge in [-0.25, -0.2) is 0 Å². The number of rotatable bonds is 1. The van der Waals surface area contributed by atoms with E-state index in [2.05, 4.69) is 54.8 Å². The lowest BCUT2D eigenvalue weighted by Gasteiger charge is -2.29. The van der Waals surface area contributed by atoms with Gasteiger partial charge in [0.2, 0.25) is 0 Å². The van der Waals surface area contributed by atoms with Gasteiger partial charge in [-0.05, 0) is 50.1 Å². The van der Waals surface area contributed by atoms with E-state index < -0.39 is 0 Å². The van der Waals surface area contributed by atoms with Crippen LogP contribution in [-0.4, -0.2) is 13.2 Å². The molecule has 0 bridgehead atoms. The Morgan fingerprint density at radius 3 is 2.43 bits per heavy atom. The smallest absolute Gasteiger partial charge is 0.103 e. The molecule has 4 nitrogen and oxygen atoms in total. The van der Waals surface area contributed by atoms with E-state index >= 15 is 0 Å². The molecule has 0 amide bonds. The van der Waals surface area contributed by atoms with Crippen LogP contribution in [0.2, 0.25) is 0 Å². The van der Waals surface area contributed by atoms with Crippen molar-refractivity contribution < 1.29 is 0 Å². The summed E-state index contributed by atoms with van der Waals surface area (Å²) in [6.45, 7) is 6.30. The van der Waals surface area contributed by atoms with E-state index in [-0.39, 0.29) is 6.17 Å². The molecule has 1 aliphatic rings. The number of nitrogens with zero attached hydrogens (tertiary/aromatic N) is 4. The van der Waals surface area contributed by atoms with Gasteiger partial charge in [0.15, 0.2) is 0 Å². The van der Waals surface area contributed by atoms with E-state index in [4.69, 9.17) is 0 Å². The van der Waals surface area contributed by atoms with Crippen molar-refractivity contribution in [3.05, 3.63) is 52.6 Å². The fraction of sp³-hybridized carbons (Fsp3) is 0.263. The number of aryl methyl sites for hydroxylation is 1. The molecule has 1 atom stereocenters. The Bertz CT molecular complexity index is 870. The fourth-order valence-electron chi connectivity index (χ4n) is 3.17. The second-order valence-corrected chi connectivity index (χ2v) is 5.95. The van der Waals surface area contributed by atoms with Crippen LogP contribution in [0.15, 0.2) is 30.3 Å². The van der Waals surface area contributed by atoms with Crippen molar-refractivity contribution in [2.45, 2.75) is 26.9 Å². The van der Waals surface area contributed by atoms with E-state index in [0.717, 1.165) is 17.1 Å². The molecule has 0 fully saturated rings. The molecule has 0 N–H and O–H groups in total. The molecule has 2 aromatic rings. The number of nitriles is 2. The Kier molecular flexibility index (Phi) is 3.47. The molecule has 0 aromatic heterocycles. The van der Waals surface area contributed by atoms with Crippen LogP contribution in [-0.2, 0) is 0 Å². The summed E-state index contributed by atoms with van der Waals surface area (Å²) in [5, 5.41) is 18.8. The lowest BCUT2D eigenvalue weighted by Crippen LogP contribution is -2.36. The minimum Gasteiger partial charge on any atom is -0.352 e. The van der Waals surface area contributed by atoms with Crippen molar-refractivity contribution in [2.24, 2.45) is 0 Å². The van der Waals surface area contributed by atoms with Crippen LogP contribution in [0, 0.1) is 36.5 Å². The molecular weight excluding hydrogens is 284 g/mol. The average molecular weight is 302 g/mol. The number of anilines is 3. The summed E-state index contributed by atoms with van der Waals surface area (Å²) in [6, 6.07) is 14.1. The van der Waals surface area contributed by atoms with Crippen molar-refractivity contribution in [3.63, 3.8) is 0 Å². The molecule has 23 heavy (non-hydrogen) atoms. The summed E-state index contributed by atoms with van der Waals surface area (Å²) < 4.78 is 0. The van der Waals surface area contributed by atoms with Gasteiger partial charge in [0, 0.05) is 12.7 Å². The third-order valence-corrected chi connectivity index (χ3v) is 4.73. The fourth-order valence-corrected chi connectivity index (χ4v) is 3.17. The van der Waals surface area contributed by atoms with Crippen molar-refractivity contribution >= 4 is 17.1 Å². The van der Waals surface area contributed by atoms with Crippen molar-refractivity contribution in [1.29, 1.82) is 10.5 Å². The van der Waals surface area contributed by atoms with Crippen LogP contribution in [0.3, 0.4) is 0 Å². The molecule has 1 aliphatic heterocycles. The molecule has 0 unspecified atom stereocenters. The Labute approximate surface area is 136 Å². The topological polar surface area (TPSA) is 54.1 Å². The maximum atomic E-state index is 9.58. The highest BCUT2D eigenvalue weighted by atomic mass is 15.4. The third-order valence-electron chi connectivity index (χ3n) is 4.73. The van der Waals surface area contributed by atoms with Gasteiger partial charge in [-0.15, -0.1) is 0 Å². The standard InChI is InChI=1S/C19H18N4/c1-12-6-5-7-17(13(12)2)23-14(3)22(4)18-9-15(10-20)8-16(11-21)19(18)23/h5-9,14H,1-4H3/t14-/m0/s1. The molecule has 4 heteroatoms. The van der Waals surface area contributed by atoms with Crippen molar-refractivity contribution in [2.75, 3.05) is 16.8 Å². The van der Waals surface area contributed by atoms with Crippen LogP contribution in [0.1, 0.15) is 29.2 Å². The second-order valence-electron chi connectivity index (χ2n) is 5.95. The first kappa shape index (κ1) is 14.9. The summed E-state index contributed by atoms with van der Waals surface area (Å²) in [6.07, 6.45) is 0.0755. The number of hydrogen-bond donors (Lipinski definition) is 0. The summed E-state index contributed by atoms with van der Waals surface area (Å²) in [7, 11) is 2.00. The van der Waals surface area contributed by atoms with Crippen LogP contribution in [0.4, 0.5) is 17.1 Å². The zero-order valence-corrected chi connectivity index (χ0v) is 13.8.